The summed E-state index contributed by atoms with van der Waals surface area (Å²) in [4.78, 5) is 36.1. The van der Waals surface area contributed by atoms with Gasteiger partial charge in [0, 0.05) is 36.3 Å². The zero-order chi connectivity index (χ0) is 15.6. The number of likely N-dealkylation sites (N-methyl/N-ethyl adjacent to an activating group) is 1. The highest BCUT2D eigenvalue weighted by Gasteiger charge is 2.15. The lowest BCUT2D eigenvalue weighted by atomic mass is 10.1. The fourth-order valence-electron chi connectivity index (χ4n) is 1.99. The maximum Gasteiger partial charge on any atom is 0.270 e. The first kappa shape index (κ1) is 14.5. The first-order valence-corrected chi connectivity index (χ1v) is 6.22. The van der Waals surface area contributed by atoms with Crippen LogP contribution in [0.5, 0.6) is 0 Å². The summed E-state index contributed by atoms with van der Waals surface area (Å²) in [5.74, 6) is -0.256. The van der Waals surface area contributed by atoms with E-state index in [1.54, 1.807) is 6.92 Å². The predicted octanol–water partition coefficient (Wildman–Crippen LogP) is 0.983. The van der Waals surface area contributed by atoms with E-state index in [2.05, 4.69) is 15.6 Å². The van der Waals surface area contributed by atoms with Crippen LogP contribution in [-0.2, 0) is 4.79 Å². The van der Waals surface area contributed by atoms with Crippen LogP contribution < -0.4 is 16.2 Å². The number of pyridine rings is 1. The van der Waals surface area contributed by atoms with E-state index in [0.717, 1.165) is 0 Å². The van der Waals surface area contributed by atoms with E-state index in [0.29, 0.717) is 16.6 Å². The number of nitrogens with zero attached hydrogens (tertiary/aromatic N) is 1. The summed E-state index contributed by atoms with van der Waals surface area (Å²) in [6, 6.07) is 4.81. The second kappa shape index (κ2) is 5.61. The van der Waals surface area contributed by atoms with Crippen molar-refractivity contribution in [3.63, 3.8) is 0 Å². The molecule has 0 aliphatic rings. The van der Waals surface area contributed by atoms with E-state index >= 15 is 0 Å². The molecule has 2 aromatic rings. The third-order valence-electron chi connectivity index (χ3n) is 3.05. The minimum Gasteiger partial charge on any atom is -0.373 e. The molecule has 0 saturated heterocycles. The van der Waals surface area contributed by atoms with Gasteiger partial charge in [-0.1, -0.05) is 0 Å². The number of nitro benzene ring substituents is 1. The van der Waals surface area contributed by atoms with Gasteiger partial charge in [0.1, 0.15) is 6.04 Å². The third kappa shape index (κ3) is 2.99. The lowest BCUT2D eigenvalue weighted by Crippen LogP contribution is -2.35. The summed E-state index contributed by atoms with van der Waals surface area (Å²) in [6.07, 6.45) is 0. The summed E-state index contributed by atoms with van der Waals surface area (Å²) in [7, 11) is 1.50. The van der Waals surface area contributed by atoms with Gasteiger partial charge in [0.25, 0.3) is 5.69 Å². The number of carbonyl (C=O) groups is 1. The quantitative estimate of drug-likeness (QED) is 0.573. The Bertz CT molecular complexity index is 768. The largest absolute Gasteiger partial charge is 0.373 e. The molecule has 3 N–H and O–H groups in total. The molecule has 1 aromatic carbocycles. The third-order valence-corrected chi connectivity index (χ3v) is 3.05. The van der Waals surface area contributed by atoms with Crippen molar-refractivity contribution in [2.75, 3.05) is 12.4 Å². The highest BCUT2D eigenvalue weighted by atomic mass is 16.6. The minimum absolute atomic E-state index is 0.0924. The van der Waals surface area contributed by atoms with Crippen LogP contribution in [0, 0.1) is 10.1 Å². The fourth-order valence-corrected chi connectivity index (χ4v) is 1.99. The van der Waals surface area contributed by atoms with Gasteiger partial charge in [0.2, 0.25) is 11.5 Å². The number of H-pyrrole nitrogens is 1. The van der Waals surface area contributed by atoms with Crippen LogP contribution in [0.4, 0.5) is 11.4 Å². The van der Waals surface area contributed by atoms with Crippen LogP contribution in [0.3, 0.4) is 0 Å². The number of hydrogen-bond acceptors (Lipinski definition) is 5. The number of aromatic amines is 1. The standard InChI is InChI=1S/C13H14N4O4/c1-7(13(19)14-2)15-11-6-12(18)16-10-4-3-8(17(20)21)5-9(10)11/h3-7H,1-2H3,(H,14,19)(H2,15,16,18)/t7-/m1/s1. The molecule has 21 heavy (non-hydrogen) atoms. The van der Waals surface area contributed by atoms with E-state index < -0.39 is 11.0 Å². The molecule has 1 atom stereocenters. The molecule has 2 rings (SSSR count). The number of rotatable bonds is 4. The van der Waals surface area contributed by atoms with Gasteiger partial charge in [0.15, 0.2) is 0 Å². The lowest BCUT2D eigenvalue weighted by Gasteiger charge is -2.15. The first-order valence-electron chi connectivity index (χ1n) is 6.22. The van der Waals surface area contributed by atoms with Crippen LogP contribution in [-0.4, -0.2) is 28.9 Å². The van der Waals surface area contributed by atoms with Crippen LogP contribution >= 0.6 is 0 Å². The Kier molecular flexibility index (Phi) is 3.88. The maximum atomic E-state index is 11.6. The number of amides is 1. The molecule has 0 bridgehead atoms. The van der Waals surface area contributed by atoms with Gasteiger partial charge in [-0.05, 0) is 13.0 Å². The molecule has 0 spiro atoms. The van der Waals surface area contributed by atoms with Gasteiger partial charge in [-0.2, -0.15) is 0 Å². The average molecular weight is 290 g/mol. The molecule has 8 nitrogen and oxygen atoms in total. The molecule has 0 saturated carbocycles. The van der Waals surface area contributed by atoms with Gasteiger partial charge in [-0.15, -0.1) is 0 Å². The summed E-state index contributed by atoms with van der Waals surface area (Å²) in [5.41, 5.74) is 0.376. The highest BCUT2D eigenvalue weighted by molar-refractivity contribution is 5.94. The van der Waals surface area contributed by atoms with E-state index in [4.69, 9.17) is 0 Å². The Morgan fingerprint density at radius 3 is 2.71 bits per heavy atom. The first-order chi connectivity index (χ1) is 9.92. The summed E-state index contributed by atoms with van der Waals surface area (Å²) in [5, 5.41) is 16.7. The summed E-state index contributed by atoms with van der Waals surface area (Å²) >= 11 is 0. The Morgan fingerprint density at radius 1 is 1.38 bits per heavy atom. The van der Waals surface area contributed by atoms with Crippen LogP contribution in [0.15, 0.2) is 29.1 Å². The van der Waals surface area contributed by atoms with Gasteiger partial charge >= 0.3 is 0 Å². The fraction of sp³-hybridized carbons (Fsp3) is 0.231. The minimum atomic E-state index is -0.584. The number of benzene rings is 1. The molecular formula is C13H14N4O4. The van der Waals surface area contributed by atoms with Crippen molar-refractivity contribution >= 4 is 28.2 Å². The molecule has 1 heterocycles. The second-order valence-electron chi connectivity index (χ2n) is 4.51. The van der Waals surface area contributed by atoms with Gasteiger partial charge < -0.3 is 15.6 Å². The number of non-ortho nitro benzene ring substituents is 1. The molecule has 1 aromatic heterocycles. The van der Waals surface area contributed by atoms with Crippen molar-refractivity contribution in [3.8, 4) is 0 Å². The SMILES string of the molecule is CNC(=O)[C@@H](C)Nc1cc(=O)[nH]c2ccc([N+](=O)[O-])cc12. The lowest BCUT2D eigenvalue weighted by molar-refractivity contribution is -0.384. The number of aromatic nitrogens is 1. The molecule has 0 aliphatic carbocycles. The number of anilines is 1. The molecule has 0 unspecified atom stereocenters. The predicted molar refractivity (Wildman–Crippen MR) is 78.4 cm³/mol. The summed E-state index contributed by atoms with van der Waals surface area (Å²) < 4.78 is 0. The molecule has 0 radical (unpaired) electrons. The van der Waals surface area contributed by atoms with Gasteiger partial charge in [0.05, 0.1) is 10.4 Å². The molecular weight excluding hydrogens is 276 g/mol. The topological polar surface area (TPSA) is 117 Å². The zero-order valence-corrected chi connectivity index (χ0v) is 11.5. The monoisotopic (exact) mass is 290 g/mol. The average Bonchev–Trinajstić information content (AvgIpc) is 2.45. The van der Waals surface area contributed by atoms with Crippen LogP contribution in [0.25, 0.3) is 10.9 Å². The molecule has 0 fully saturated rings. The van der Waals surface area contributed by atoms with Gasteiger partial charge in [-0.25, -0.2) is 0 Å². The summed E-state index contributed by atoms with van der Waals surface area (Å²) in [6.45, 7) is 1.63. The van der Waals surface area contributed by atoms with Crippen molar-refractivity contribution in [1.82, 2.24) is 10.3 Å². The van der Waals surface area contributed by atoms with Crippen molar-refractivity contribution in [2.24, 2.45) is 0 Å². The van der Waals surface area contributed by atoms with E-state index in [1.807, 2.05) is 0 Å². The van der Waals surface area contributed by atoms with Gasteiger partial charge in [-0.3, -0.25) is 19.7 Å². The van der Waals surface area contributed by atoms with E-state index in [-0.39, 0.29) is 17.2 Å². The second-order valence-corrected chi connectivity index (χ2v) is 4.51. The van der Waals surface area contributed by atoms with Crippen molar-refractivity contribution < 1.29 is 9.72 Å². The molecule has 8 heteroatoms. The normalized spacial score (nSPS) is 11.9. The molecule has 0 aliphatic heterocycles. The zero-order valence-electron chi connectivity index (χ0n) is 11.5. The Morgan fingerprint density at radius 2 is 2.10 bits per heavy atom. The number of hydrogen-bond donors (Lipinski definition) is 3. The van der Waals surface area contributed by atoms with E-state index in [1.165, 1.54) is 31.3 Å². The van der Waals surface area contributed by atoms with Crippen molar-refractivity contribution in [1.29, 1.82) is 0 Å². The van der Waals surface area contributed by atoms with Crippen molar-refractivity contribution in [2.45, 2.75) is 13.0 Å². The van der Waals surface area contributed by atoms with Crippen LogP contribution in [0.1, 0.15) is 6.92 Å². The van der Waals surface area contributed by atoms with Crippen molar-refractivity contribution in [3.05, 3.63) is 44.7 Å². The highest BCUT2D eigenvalue weighted by Crippen LogP contribution is 2.25. The Balaban J connectivity index is 2.55. The molecule has 1 amide bonds. The Labute approximate surface area is 119 Å². The number of nitrogens with one attached hydrogen (secondary N) is 3. The van der Waals surface area contributed by atoms with Crippen LogP contribution in [0.2, 0.25) is 0 Å². The smallest absolute Gasteiger partial charge is 0.270 e. The Hall–Kier alpha value is -2.90. The number of carbonyl (C=O) groups excluding carboxylic acids is 1. The number of nitro groups is 1. The molecule has 110 valence electrons. The number of fused-ring (bicyclic) bond motifs is 1. The van der Waals surface area contributed by atoms with E-state index in [9.17, 15) is 19.7 Å². The maximum absolute atomic E-state index is 11.6.